The first-order valence-electron chi connectivity index (χ1n) is 7.51. The molecule has 0 radical (unpaired) electrons. The van der Waals surface area contributed by atoms with E-state index in [-0.39, 0.29) is 36.9 Å². The van der Waals surface area contributed by atoms with Crippen LogP contribution in [0.2, 0.25) is 0 Å². The third-order valence-electron chi connectivity index (χ3n) is 4.37. The Hall–Kier alpha value is -1.67. The maximum atomic E-state index is 13.7. The second-order valence-corrected chi connectivity index (χ2v) is 8.19. The number of ether oxygens (including phenoxy) is 1. The molecule has 0 atom stereocenters. The van der Waals surface area contributed by atoms with Crippen LogP contribution in [0.25, 0.3) is 0 Å². The minimum absolute atomic E-state index is 0.0113. The monoisotopic (exact) mass is 343 g/mol. The second kappa shape index (κ2) is 5.76. The number of carboxylic acid groups (broad SMARTS) is 1. The topological polar surface area (TPSA) is 83.9 Å². The molecule has 2 aliphatic rings. The van der Waals surface area contributed by atoms with Crippen LogP contribution in [-0.2, 0) is 14.8 Å². The number of carbonyl (C=O) groups is 1. The molecule has 1 aromatic carbocycles. The summed E-state index contributed by atoms with van der Waals surface area (Å²) >= 11 is 0. The highest BCUT2D eigenvalue weighted by Crippen LogP contribution is 2.36. The summed E-state index contributed by atoms with van der Waals surface area (Å²) in [5.74, 6) is -1.97. The van der Waals surface area contributed by atoms with Gasteiger partial charge in [0.15, 0.2) is 11.6 Å². The van der Waals surface area contributed by atoms with Crippen molar-refractivity contribution >= 4 is 16.0 Å². The fourth-order valence-corrected chi connectivity index (χ4v) is 4.62. The summed E-state index contributed by atoms with van der Waals surface area (Å²) in [5, 5.41) is 9.21. The molecule has 1 aliphatic heterocycles. The SMILES string of the molecule is O=C(O)C1(Oc2ccccc2F)CCN(S(=O)(=O)C2CC2)CC1. The lowest BCUT2D eigenvalue weighted by molar-refractivity contribution is -0.159. The molecule has 3 rings (SSSR count). The van der Waals surface area contributed by atoms with Gasteiger partial charge in [-0.25, -0.2) is 21.9 Å². The Morgan fingerprint density at radius 1 is 1.26 bits per heavy atom. The number of aliphatic carboxylic acids is 1. The zero-order valence-corrected chi connectivity index (χ0v) is 13.3. The highest BCUT2D eigenvalue weighted by atomic mass is 32.2. The van der Waals surface area contributed by atoms with Crippen LogP contribution >= 0.6 is 0 Å². The van der Waals surface area contributed by atoms with Gasteiger partial charge < -0.3 is 9.84 Å². The van der Waals surface area contributed by atoms with Crippen LogP contribution in [-0.4, -0.2) is 47.7 Å². The Balaban J connectivity index is 1.77. The van der Waals surface area contributed by atoms with Crippen LogP contribution in [0.15, 0.2) is 24.3 Å². The molecule has 0 spiro atoms. The molecule has 1 saturated carbocycles. The van der Waals surface area contributed by atoms with Crippen LogP contribution in [0, 0.1) is 5.82 Å². The molecule has 0 unspecified atom stereocenters. The average Bonchev–Trinajstić information content (AvgIpc) is 3.35. The number of sulfonamides is 1. The zero-order chi connectivity index (χ0) is 16.7. The fourth-order valence-electron chi connectivity index (χ4n) is 2.78. The minimum atomic E-state index is -3.33. The van der Waals surface area contributed by atoms with Crippen molar-refractivity contribution in [2.75, 3.05) is 13.1 Å². The molecular formula is C15H18FNO5S. The lowest BCUT2D eigenvalue weighted by Crippen LogP contribution is -2.54. The number of nitrogens with zero attached hydrogens (tertiary/aromatic N) is 1. The number of carboxylic acids is 1. The molecule has 126 valence electrons. The van der Waals surface area contributed by atoms with E-state index in [9.17, 15) is 22.7 Å². The molecule has 1 saturated heterocycles. The summed E-state index contributed by atoms with van der Waals surface area (Å²) in [5.41, 5.74) is -1.60. The Labute approximate surface area is 133 Å². The Kier molecular flexibility index (Phi) is 4.05. The van der Waals surface area contributed by atoms with Gasteiger partial charge in [0.2, 0.25) is 15.6 Å². The number of piperidine rings is 1. The van der Waals surface area contributed by atoms with Gasteiger partial charge in [0.05, 0.1) is 5.25 Å². The highest BCUT2D eigenvalue weighted by Gasteiger charge is 2.49. The summed E-state index contributed by atoms with van der Waals surface area (Å²) in [4.78, 5) is 11.7. The van der Waals surface area contributed by atoms with E-state index >= 15 is 0 Å². The largest absolute Gasteiger partial charge is 0.478 e. The molecule has 1 N–H and O–H groups in total. The van der Waals surface area contributed by atoms with Crippen LogP contribution < -0.4 is 4.74 Å². The molecule has 0 bridgehead atoms. The summed E-state index contributed by atoms with van der Waals surface area (Å²) in [6.07, 6.45) is 1.30. The Bertz CT molecular complexity index is 708. The van der Waals surface area contributed by atoms with Crippen molar-refractivity contribution in [1.29, 1.82) is 0 Å². The lowest BCUT2D eigenvalue weighted by atomic mass is 9.92. The van der Waals surface area contributed by atoms with Gasteiger partial charge in [0.1, 0.15) is 0 Å². The summed E-state index contributed by atoms with van der Waals surface area (Å²) in [7, 11) is -3.33. The van der Waals surface area contributed by atoms with Gasteiger partial charge in [0, 0.05) is 25.9 Å². The highest BCUT2D eigenvalue weighted by molar-refractivity contribution is 7.90. The average molecular weight is 343 g/mol. The summed E-state index contributed by atoms with van der Waals surface area (Å²) in [6.45, 7) is 0.138. The molecule has 2 fully saturated rings. The minimum Gasteiger partial charge on any atom is -0.478 e. The van der Waals surface area contributed by atoms with E-state index in [1.807, 2.05) is 0 Å². The van der Waals surface area contributed by atoms with Crippen molar-refractivity contribution in [2.24, 2.45) is 0 Å². The van der Waals surface area contributed by atoms with Crippen molar-refractivity contribution in [3.8, 4) is 5.75 Å². The smallest absolute Gasteiger partial charge is 0.348 e. The van der Waals surface area contributed by atoms with E-state index in [1.165, 1.54) is 22.5 Å². The summed E-state index contributed by atoms with van der Waals surface area (Å²) in [6, 6.07) is 5.60. The van der Waals surface area contributed by atoms with Crippen molar-refractivity contribution in [1.82, 2.24) is 4.31 Å². The lowest BCUT2D eigenvalue weighted by Gasteiger charge is -2.38. The predicted molar refractivity (Wildman–Crippen MR) is 80.1 cm³/mol. The molecular weight excluding hydrogens is 325 g/mol. The van der Waals surface area contributed by atoms with Gasteiger partial charge in [0.25, 0.3) is 0 Å². The third-order valence-corrected chi connectivity index (χ3v) is 6.77. The Morgan fingerprint density at radius 2 is 1.87 bits per heavy atom. The number of rotatable bonds is 5. The van der Waals surface area contributed by atoms with Gasteiger partial charge in [-0.1, -0.05) is 12.1 Å². The molecule has 6 nitrogen and oxygen atoms in total. The van der Waals surface area contributed by atoms with Crippen LogP contribution in [0.3, 0.4) is 0 Å². The number of hydrogen-bond donors (Lipinski definition) is 1. The van der Waals surface area contributed by atoms with E-state index in [0.29, 0.717) is 12.8 Å². The van der Waals surface area contributed by atoms with Crippen LogP contribution in [0.1, 0.15) is 25.7 Å². The first-order valence-corrected chi connectivity index (χ1v) is 9.01. The number of benzene rings is 1. The van der Waals surface area contributed by atoms with Crippen molar-refractivity contribution in [2.45, 2.75) is 36.5 Å². The van der Waals surface area contributed by atoms with Crippen LogP contribution in [0.5, 0.6) is 5.75 Å². The number of hydrogen-bond acceptors (Lipinski definition) is 4. The van der Waals surface area contributed by atoms with E-state index in [2.05, 4.69) is 0 Å². The standard InChI is InChI=1S/C15H18FNO5S/c16-12-3-1-2-4-13(12)22-15(14(18)19)7-9-17(10-8-15)23(20,21)11-5-6-11/h1-4,11H,5-10H2,(H,18,19). The van der Waals surface area contributed by atoms with E-state index in [0.717, 1.165) is 0 Å². The van der Waals surface area contributed by atoms with Crippen LogP contribution in [0.4, 0.5) is 4.39 Å². The predicted octanol–water partition coefficient (Wildman–Crippen LogP) is 1.62. The van der Waals surface area contributed by atoms with Crippen molar-refractivity contribution in [3.63, 3.8) is 0 Å². The first kappa shape index (κ1) is 16.2. The van der Waals surface area contributed by atoms with Gasteiger partial charge in [-0.2, -0.15) is 0 Å². The first-order chi connectivity index (χ1) is 10.8. The molecule has 1 aromatic rings. The third kappa shape index (κ3) is 3.05. The van der Waals surface area contributed by atoms with Crippen molar-refractivity contribution in [3.05, 3.63) is 30.1 Å². The quantitative estimate of drug-likeness (QED) is 0.878. The van der Waals surface area contributed by atoms with E-state index in [1.54, 1.807) is 6.07 Å². The molecule has 23 heavy (non-hydrogen) atoms. The Morgan fingerprint density at radius 3 is 2.39 bits per heavy atom. The summed E-state index contributed by atoms with van der Waals surface area (Å²) < 4.78 is 45.0. The second-order valence-electron chi connectivity index (χ2n) is 5.98. The number of para-hydroxylation sites is 1. The molecule has 0 amide bonds. The number of halogens is 1. The normalized spacial score (nSPS) is 21.8. The van der Waals surface area contributed by atoms with Gasteiger partial charge in [-0.3, -0.25) is 0 Å². The maximum Gasteiger partial charge on any atom is 0.348 e. The van der Waals surface area contributed by atoms with E-state index in [4.69, 9.17) is 4.74 Å². The molecule has 1 aliphatic carbocycles. The van der Waals surface area contributed by atoms with Gasteiger partial charge in [-0.05, 0) is 25.0 Å². The van der Waals surface area contributed by atoms with E-state index < -0.39 is 27.4 Å². The van der Waals surface area contributed by atoms with Crippen molar-refractivity contribution < 1.29 is 27.4 Å². The van der Waals surface area contributed by atoms with Gasteiger partial charge >= 0.3 is 5.97 Å². The maximum absolute atomic E-state index is 13.7. The van der Waals surface area contributed by atoms with Gasteiger partial charge in [-0.15, -0.1) is 0 Å². The molecule has 1 heterocycles. The zero-order valence-electron chi connectivity index (χ0n) is 12.4. The fraction of sp³-hybridized carbons (Fsp3) is 0.533. The molecule has 8 heteroatoms. The molecule has 0 aromatic heterocycles.